The number of rotatable bonds is 6. The van der Waals surface area contributed by atoms with Crippen molar-refractivity contribution in [1.29, 1.82) is 0 Å². The summed E-state index contributed by atoms with van der Waals surface area (Å²) >= 11 is 5.95. The number of imide groups is 1. The monoisotopic (exact) mass is 399 g/mol. The van der Waals surface area contributed by atoms with Gasteiger partial charge in [-0.05, 0) is 43.2 Å². The van der Waals surface area contributed by atoms with Crippen molar-refractivity contribution in [2.75, 3.05) is 18.0 Å². The highest BCUT2D eigenvalue weighted by molar-refractivity contribution is 6.30. The molecule has 4 amide bonds. The number of nitrogens with zero attached hydrogens (tertiary/aromatic N) is 2. The first-order chi connectivity index (χ1) is 13.4. The van der Waals surface area contributed by atoms with Crippen molar-refractivity contribution in [1.82, 2.24) is 10.2 Å². The minimum absolute atomic E-state index is 0.317. The fourth-order valence-corrected chi connectivity index (χ4v) is 3.60. The number of benzene rings is 2. The number of hydrogen-bond donors (Lipinski definition) is 1. The van der Waals surface area contributed by atoms with Crippen LogP contribution in [-0.4, -0.2) is 35.8 Å². The SMILES string of the molecule is CCN(C(=O)CN1C(=O)N[C@](CC)(c2ccc(Cl)cc2)C1=O)c1ccccc1. The topological polar surface area (TPSA) is 69.7 Å². The number of hydrogen-bond acceptors (Lipinski definition) is 3. The summed E-state index contributed by atoms with van der Waals surface area (Å²) in [4.78, 5) is 41.1. The Bertz CT molecular complexity index is 886. The summed E-state index contributed by atoms with van der Waals surface area (Å²) in [6.45, 7) is 3.78. The Kier molecular flexibility index (Phi) is 5.70. The van der Waals surface area contributed by atoms with Crippen molar-refractivity contribution in [3.05, 3.63) is 65.2 Å². The minimum Gasteiger partial charge on any atom is -0.319 e. The average molecular weight is 400 g/mol. The summed E-state index contributed by atoms with van der Waals surface area (Å²) in [5.41, 5.74) is 0.177. The molecule has 0 bridgehead atoms. The van der Waals surface area contributed by atoms with Crippen molar-refractivity contribution >= 4 is 35.1 Å². The number of halogens is 1. The Morgan fingerprint density at radius 2 is 1.71 bits per heavy atom. The van der Waals surface area contributed by atoms with Crippen LogP contribution in [0.2, 0.25) is 5.02 Å². The zero-order chi connectivity index (χ0) is 20.3. The summed E-state index contributed by atoms with van der Waals surface area (Å²) < 4.78 is 0. The number of anilines is 1. The van der Waals surface area contributed by atoms with Crippen molar-refractivity contribution in [2.24, 2.45) is 0 Å². The van der Waals surface area contributed by atoms with Gasteiger partial charge in [0.05, 0.1) is 0 Å². The van der Waals surface area contributed by atoms with E-state index >= 15 is 0 Å². The first-order valence-electron chi connectivity index (χ1n) is 9.18. The minimum atomic E-state index is -1.19. The maximum Gasteiger partial charge on any atom is 0.325 e. The second-order valence-corrected chi connectivity index (χ2v) is 7.00. The fraction of sp³-hybridized carbons (Fsp3) is 0.286. The molecule has 2 aromatic rings. The van der Waals surface area contributed by atoms with Gasteiger partial charge in [0.2, 0.25) is 5.91 Å². The molecule has 146 valence electrons. The smallest absolute Gasteiger partial charge is 0.319 e. The third-order valence-electron chi connectivity index (χ3n) is 5.02. The molecule has 0 saturated carbocycles. The standard InChI is InChI=1S/C21H22ClN3O3/c1-3-21(15-10-12-16(22)13-11-15)19(27)25(20(28)23-21)14-18(26)24(4-2)17-8-6-5-7-9-17/h5-13H,3-4,14H2,1-2H3,(H,23,28)/t21-/m1/s1. The van der Waals surface area contributed by atoms with Gasteiger partial charge in [0.15, 0.2) is 0 Å². The molecule has 28 heavy (non-hydrogen) atoms. The number of likely N-dealkylation sites (N-methyl/N-ethyl adjacent to an activating group) is 1. The van der Waals surface area contributed by atoms with Crippen LogP contribution in [0.15, 0.2) is 54.6 Å². The van der Waals surface area contributed by atoms with Gasteiger partial charge in [-0.2, -0.15) is 0 Å². The van der Waals surface area contributed by atoms with E-state index in [0.717, 1.165) is 10.6 Å². The largest absolute Gasteiger partial charge is 0.325 e. The van der Waals surface area contributed by atoms with Crippen LogP contribution in [0, 0.1) is 0 Å². The quantitative estimate of drug-likeness (QED) is 0.755. The first-order valence-corrected chi connectivity index (χ1v) is 9.56. The van der Waals surface area contributed by atoms with E-state index in [4.69, 9.17) is 11.6 Å². The van der Waals surface area contributed by atoms with E-state index in [-0.39, 0.29) is 12.5 Å². The molecular formula is C21H22ClN3O3. The second-order valence-electron chi connectivity index (χ2n) is 6.56. The van der Waals surface area contributed by atoms with E-state index < -0.39 is 17.5 Å². The molecule has 7 heteroatoms. The zero-order valence-corrected chi connectivity index (χ0v) is 16.6. The molecule has 0 spiro atoms. The van der Waals surface area contributed by atoms with Gasteiger partial charge in [0.25, 0.3) is 5.91 Å². The maximum absolute atomic E-state index is 13.2. The number of carbonyl (C=O) groups excluding carboxylic acids is 3. The Balaban J connectivity index is 1.85. The molecular weight excluding hydrogens is 378 g/mol. The highest BCUT2D eigenvalue weighted by Crippen LogP contribution is 2.33. The summed E-state index contributed by atoms with van der Waals surface area (Å²) in [7, 11) is 0. The van der Waals surface area contributed by atoms with Crippen LogP contribution >= 0.6 is 11.6 Å². The number of amides is 4. The van der Waals surface area contributed by atoms with Gasteiger partial charge in [-0.3, -0.25) is 14.5 Å². The third-order valence-corrected chi connectivity index (χ3v) is 5.27. The molecule has 0 aromatic heterocycles. The molecule has 1 heterocycles. The maximum atomic E-state index is 13.2. The van der Waals surface area contributed by atoms with E-state index in [1.807, 2.05) is 44.2 Å². The van der Waals surface area contributed by atoms with Gasteiger partial charge in [0.1, 0.15) is 12.1 Å². The molecule has 1 fully saturated rings. The molecule has 1 atom stereocenters. The molecule has 0 radical (unpaired) electrons. The summed E-state index contributed by atoms with van der Waals surface area (Å²) in [5, 5.41) is 3.32. The molecule has 2 aromatic carbocycles. The lowest BCUT2D eigenvalue weighted by Gasteiger charge is -2.26. The van der Waals surface area contributed by atoms with E-state index in [0.29, 0.717) is 23.6 Å². The predicted molar refractivity (Wildman–Crippen MR) is 108 cm³/mol. The summed E-state index contributed by atoms with van der Waals surface area (Å²) in [6.07, 6.45) is 0.361. The molecule has 1 aliphatic rings. The van der Waals surface area contributed by atoms with E-state index in [2.05, 4.69) is 5.32 Å². The molecule has 1 N–H and O–H groups in total. The molecule has 0 aliphatic carbocycles. The van der Waals surface area contributed by atoms with Crippen molar-refractivity contribution in [3.63, 3.8) is 0 Å². The third kappa shape index (κ3) is 3.47. The van der Waals surface area contributed by atoms with E-state index in [9.17, 15) is 14.4 Å². The summed E-state index contributed by atoms with van der Waals surface area (Å²) in [5.74, 6) is -0.750. The van der Waals surface area contributed by atoms with Gasteiger partial charge in [-0.15, -0.1) is 0 Å². The normalized spacial score (nSPS) is 18.9. The van der Waals surface area contributed by atoms with Crippen LogP contribution in [0.5, 0.6) is 0 Å². The average Bonchev–Trinajstić information content (AvgIpc) is 2.95. The van der Waals surface area contributed by atoms with Crippen LogP contribution < -0.4 is 10.2 Å². The molecule has 0 unspecified atom stereocenters. The Morgan fingerprint density at radius 3 is 2.29 bits per heavy atom. The lowest BCUT2D eigenvalue weighted by molar-refractivity contribution is -0.134. The lowest BCUT2D eigenvalue weighted by Crippen LogP contribution is -2.45. The molecule has 6 nitrogen and oxygen atoms in total. The second kappa shape index (κ2) is 8.02. The highest BCUT2D eigenvalue weighted by atomic mass is 35.5. The van der Waals surface area contributed by atoms with E-state index in [1.165, 1.54) is 0 Å². The van der Waals surface area contributed by atoms with Gasteiger partial charge in [-0.25, -0.2) is 4.79 Å². The van der Waals surface area contributed by atoms with Crippen LogP contribution in [0.4, 0.5) is 10.5 Å². The fourth-order valence-electron chi connectivity index (χ4n) is 3.47. The van der Waals surface area contributed by atoms with Crippen LogP contribution in [0.25, 0.3) is 0 Å². The lowest BCUT2D eigenvalue weighted by atomic mass is 9.87. The number of para-hydroxylation sites is 1. The van der Waals surface area contributed by atoms with Gasteiger partial charge in [0, 0.05) is 17.3 Å². The van der Waals surface area contributed by atoms with Crippen molar-refractivity contribution in [2.45, 2.75) is 25.8 Å². The van der Waals surface area contributed by atoms with Gasteiger partial charge >= 0.3 is 6.03 Å². The van der Waals surface area contributed by atoms with Gasteiger partial charge in [-0.1, -0.05) is 48.9 Å². The Labute approximate surface area is 169 Å². The first kappa shape index (κ1) is 19.9. The van der Waals surface area contributed by atoms with Crippen LogP contribution in [0.3, 0.4) is 0 Å². The van der Waals surface area contributed by atoms with Crippen LogP contribution in [-0.2, 0) is 15.1 Å². The Hall–Kier alpha value is -2.86. The summed E-state index contributed by atoms with van der Waals surface area (Å²) in [6, 6.07) is 15.4. The number of carbonyl (C=O) groups is 3. The van der Waals surface area contributed by atoms with Crippen molar-refractivity contribution in [3.8, 4) is 0 Å². The molecule has 1 saturated heterocycles. The molecule has 1 aliphatic heterocycles. The Morgan fingerprint density at radius 1 is 1.07 bits per heavy atom. The van der Waals surface area contributed by atoms with Crippen molar-refractivity contribution < 1.29 is 14.4 Å². The van der Waals surface area contributed by atoms with Gasteiger partial charge < -0.3 is 10.2 Å². The zero-order valence-electron chi connectivity index (χ0n) is 15.8. The highest BCUT2D eigenvalue weighted by Gasteiger charge is 2.51. The number of urea groups is 1. The number of nitrogens with one attached hydrogen (secondary N) is 1. The van der Waals surface area contributed by atoms with Crippen LogP contribution in [0.1, 0.15) is 25.8 Å². The molecule has 3 rings (SSSR count). The predicted octanol–water partition coefficient (Wildman–Crippen LogP) is 3.55. The van der Waals surface area contributed by atoms with E-state index in [1.54, 1.807) is 29.2 Å².